The Balaban J connectivity index is 1.72. The molecule has 13 heteroatoms. The predicted molar refractivity (Wildman–Crippen MR) is 120 cm³/mol. The summed E-state index contributed by atoms with van der Waals surface area (Å²) in [7, 11) is 1.44. The number of hydrogen-bond donors (Lipinski definition) is 1. The summed E-state index contributed by atoms with van der Waals surface area (Å²) < 4.78 is 40.3. The van der Waals surface area contributed by atoms with Crippen LogP contribution in [0.2, 0.25) is 0 Å². The lowest BCUT2D eigenvalue weighted by atomic mass is 10.0. The molecule has 0 radical (unpaired) electrons. The summed E-state index contributed by atoms with van der Waals surface area (Å²) in [6.07, 6.45) is -1.92. The number of methoxy groups -OCH3 is 1. The van der Waals surface area contributed by atoms with Crippen LogP contribution in [-0.2, 0) is 4.74 Å². The molecule has 1 N–H and O–H groups in total. The Morgan fingerprint density at radius 1 is 1.11 bits per heavy atom. The van der Waals surface area contributed by atoms with Crippen molar-refractivity contribution in [2.75, 3.05) is 44.9 Å². The number of anilines is 1. The summed E-state index contributed by atoms with van der Waals surface area (Å²) >= 11 is 0. The molecule has 2 aromatic heterocycles. The van der Waals surface area contributed by atoms with Crippen LogP contribution >= 0.6 is 0 Å². The summed E-state index contributed by atoms with van der Waals surface area (Å²) in [5.74, 6) is 0.277. The Kier molecular flexibility index (Phi) is 6.32. The van der Waals surface area contributed by atoms with Crippen LogP contribution in [0.15, 0.2) is 18.2 Å². The number of ether oxygens (including phenoxy) is 2. The summed E-state index contributed by atoms with van der Waals surface area (Å²) in [6.45, 7) is 2.30. The minimum absolute atomic E-state index is 0.0431. The molecule has 3 aromatic rings. The highest BCUT2D eigenvalue weighted by Gasteiger charge is 2.32. The van der Waals surface area contributed by atoms with E-state index < -0.39 is 24.4 Å². The molecule has 1 aromatic carbocycles. The molecule has 2 aliphatic rings. The quantitative estimate of drug-likeness (QED) is 0.576. The van der Waals surface area contributed by atoms with Gasteiger partial charge in [0.2, 0.25) is 11.9 Å². The third-order valence-electron chi connectivity index (χ3n) is 6.26. The molecular formula is C22H25F2N7O4. The normalized spacial score (nSPS) is 18.9. The van der Waals surface area contributed by atoms with Gasteiger partial charge in [0.25, 0.3) is 6.43 Å². The van der Waals surface area contributed by atoms with Crippen LogP contribution in [0.5, 0.6) is 5.75 Å². The van der Waals surface area contributed by atoms with Crippen molar-refractivity contribution in [1.82, 2.24) is 29.4 Å². The van der Waals surface area contributed by atoms with Crippen LogP contribution in [-0.4, -0.2) is 80.6 Å². The van der Waals surface area contributed by atoms with Gasteiger partial charge in [0, 0.05) is 19.6 Å². The lowest BCUT2D eigenvalue weighted by Gasteiger charge is -2.33. The maximum Gasteiger partial charge on any atom is 0.407 e. The summed E-state index contributed by atoms with van der Waals surface area (Å²) in [5, 5.41) is 9.76. The van der Waals surface area contributed by atoms with Crippen molar-refractivity contribution >= 4 is 23.1 Å². The first-order valence-electron chi connectivity index (χ1n) is 11.4. The molecule has 11 nitrogen and oxygen atoms in total. The summed E-state index contributed by atoms with van der Waals surface area (Å²) in [6, 6.07) is 4.34. The third-order valence-corrected chi connectivity index (χ3v) is 6.26. The Morgan fingerprint density at radius 3 is 2.60 bits per heavy atom. The number of carbonyl (C=O) groups is 1. The monoisotopic (exact) mass is 489 g/mol. The number of amides is 1. The van der Waals surface area contributed by atoms with Crippen molar-refractivity contribution in [3.63, 3.8) is 0 Å². The van der Waals surface area contributed by atoms with E-state index in [1.54, 1.807) is 18.2 Å². The molecule has 0 spiro atoms. The van der Waals surface area contributed by atoms with E-state index in [1.165, 1.54) is 16.6 Å². The molecule has 2 saturated heterocycles. The molecule has 2 aliphatic heterocycles. The van der Waals surface area contributed by atoms with Crippen LogP contribution < -0.4 is 9.64 Å². The van der Waals surface area contributed by atoms with Crippen LogP contribution in [0.1, 0.15) is 43.4 Å². The van der Waals surface area contributed by atoms with Gasteiger partial charge >= 0.3 is 6.09 Å². The number of rotatable bonds is 5. The Labute approximate surface area is 199 Å². The highest BCUT2D eigenvalue weighted by atomic mass is 19.3. The molecule has 0 saturated carbocycles. The van der Waals surface area contributed by atoms with Gasteiger partial charge in [-0.15, -0.1) is 0 Å². The first-order valence-corrected chi connectivity index (χ1v) is 11.4. The van der Waals surface area contributed by atoms with Crippen LogP contribution in [0, 0.1) is 0 Å². The molecule has 1 atom stereocenters. The number of benzene rings is 1. The second-order valence-electron chi connectivity index (χ2n) is 8.31. The van der Waals surface area contributed by atoms with Gasteiger partial charge in [0.1, 0.15) is 11.3 Å². The Morgan fingerprint density at radius 2 is 1.89 bits per heavy atom. The molecule has 0 bridgehead atoms. The van der Waals surface area contributed by atoms with Gasteiger partial charge in [0.05, 0.1) is 31.9 Å². The number of hydrogen-bond acceptors (Lipinski definition) is 8. The van der Waals surface area contributed by atoms with Gasteiger partial charge in [-0.2, -0.15) is 15.0 Å². The molecule has 4 heterocycles. The maximum atomic E-state index is 14.2. The molecule has 1 unspecified atom stereocenters. The van der Waals surface area contributed by atoms with Gasteiger partial charge in [-0.3, -0.25) is 9.47 Å². The summed E-state index contributed by atoms with van der Waals surface area (Å²) in [4.78, 5) is 32.9. The number of carboxylic acid groups (broad SMARTS) is 1. The van der Waals surface area contributed by atoms with Gasteiger partial charge in [-0.25, -0.2) is 18.6 Å². The smallest absolute Gasteiger partial charge is 0.407 e. The molecule has 2 fully saturated rings. The number of imidazole rings is 1. The SMILES string of the molecule is COc1cccc2c1nc(C(F)F)n2-c1nc(C2CCCCN2C(=O)O)nc(N2CCOCC2)n1. The number of fused-ring (bicyclic) bond motifs is 1. The first-order chi connectivity index (χ1) is 17.0. The lowest BCUT2D eigenvalue weighted by Crippen LogP contribution is -2.40. The van der Waals surface area contributed by atoms with Crippen molar-refractivity contribution in [2.45, 2.75) is 31.7 Å². The highest BCUT2D eigenvalue weighted by molar-refractivity contribution is 5.84. The maximum absolute atomic E-state index is 14.2. The third kappa shape index (κ3) is 4.31. The second-order valence-corrected chi connectivity index (χ2v) is 8.31. The fraction of sp³-hybridized carbons (Fsp3) is 0.500. The zero-order valence-corrected chi connectivity index (χ0v) is 19.1. The number of likely N-dealkylation sites (tertiary alicyclic amines) is 1. The first kappa shape index (κ1) is 23.1. The van der Waals surface area contributed by atoms with Crippen molar-refractivity contribution in [3.8, 4) is 11.7 Å². The van der Waals surface area contributed by atoms with E-state index in [-0.39, 0.29) is 23.2 Å². The van der Waals surface area contributed by atoms with E-state index in [0.717, 1.165) is 12.8 Å². The lowest BCUT2D eigenvalue weighted by molar-refractivity contribution is 0.103. The number of aromatic nitrogens is 5. The van der Waals surface area contributed by atoms with Crippen LogP contribution in [0.4, 0.5) is 19.5 Å². The number of piperidine rings is 1. The fourth-order valence-corrected chi connectivity index (χ4v) is 4.56. The standard InChI is InChI=1S/C22H25F2N7O4/c1-34-15-7-4-6-13-16(15)25-19(17(23)24)31(13)21-27-18(14-5-2-3-8-30(14)22(32)33)26-20(28-21)29-9-11-35-12-10-29/h4,6-7,14,17H,2-3,5,8-12H2,1H3,(H,32,33). The minimum atomic E-state index is -2.91. The fourth-order valence-electron chi connectivity index (χ4n) is 4.56. The number of alkyl halides is 2. The van der Waals surface area contributed by atoms with E-state index in [2.05, 4.69) is 19.9 Å². The zero-order valence-electron chi connectivity index (χ0n) is 19.1. The predicted octanol–water partition coefficient (Wildman–Crippen LogP) is 3.20. The Hall–Kier alpha value is -3.61. The van der Waals surface area contributed by atoms with E-state index in [0.29, 0.717) is 50.5 Å². The van der Waals surface area contributed by atoms with E-state index in [4.69, 9.17) is 9.47 Å². The topological polar surface area (TPSA) is 119 Å². The van der Waals surface area contributed by atoms with E-state index in [9.17, 15) is 18.7 Å². The second kappa shape index (κ2) is 9.56. The molecule has 1 amide bonds. The molecule has 5 rings (SSSR count). The van der Waals surface area contributed by atoms with Gasteiger partial charge in [0.15, 0.2) is 11.6 Å². The average Bonchev–Trinajstić information content (AvgIpc) is 3.29. The van der Waals surface area contributed by atoms with Crippen LogP contribution in [0.25, 0.3) is 17.0 Å². The highest BCUT2D eigenvalue weighted by Crippen LogP contribution is 2.34. The van der Waals surface area contributed by atoms with E-state index >= 15 is 0 Å². The van der Waals surface area contributed by atoms with Crippen molar-refractivity contribution in [3.05, 3.63) is 29.8 Å². The van der Waals surface area contributed by atoms with Crippen molar-refractivity contribution in [1.29, 1.82) is 0 Å². The zero-order chi connectivity index (χ0) is 24.5. The van der Waals surface area contributed by atoms with Gasteiger partial charge < -0.3 is 19.5 Å². The number of morpholine rings is 1. The number of para-hydroxylation sites is 1. The van der Waals surface area contributed by atoms with Crippen LogP contribution in [0.3, 0.4) is 0 Å². The molecule has 186 valence electrons. The minimum Gasteiger partial charge on any atom is -0.494 e. The van der Waals surface area contributed by atoms with Gasteiger partial charge in [-0.05, 0) is 31.4 Å². The molecule has 0 aliphatic carbocycles. The Bertz CT molecular complexity index is 1230. The largest absolute Gasteiger partial charge is 0.494 e. The van der Waals surface area contributed by atoms with E-state index in [1.807, 2.05) is 4.90 Å². The molecular weight excluding hydrogens is 464 g/mol. The number of halogens is 2. The van der Waals surface area contributed by atoms with Crippen molar-refractivity contribution < 1.29 is 28.2 Å². The van der Waals surface area contributed by atoms with Crippen molar-refractivity contribution in [2.24, 2.45) is 0 Å². The molecule has 35 heavy (non-hydrogen) atoms. The summed E-state index contributed by atoms with van der Waals surface area (Å²) in [5.41, 5.74) is 0.605. The van der Waals surface area contributed by atoms with Gasteiger partial charge in [-0.1, -0.05) is 6.07 Å². The number of nitrogens with zero attached hydrogens (tertiary/aromatic N) is 7. The average molecular weight is 489 g/mol.